The first-order valence-corrected chi connectivity index (χ1v) is 7.23. The molecule has 0 aliphatic carbocycles. The number of halogens is 1. The number of nitrogens with zero attached hydrogens (tertiary/aromatic N) is 1. The summed E-state index contributed by atoms with van der Waals surface area (Å²) in [6, 6.07) is 7.52. The number of hydrogen-bond donors (Lipinski definition) is 1. The van der Waals surface area contributed by atoms with Crippen molar-refractivity contribution in [2.45, 2.75) is 32.7 Å². The largest absolute Gasteiger partial charge is 0.342 e. The van der Waals surface area contributed by atoms with Gasteiger partial charge >= 0.3 is 0 Å². The standard InChI is InChI=1S/C15H21ClN2O2/c1-12(19)18(2)11-13-7-3-4-8-14(13)17-15(20)9-5-6-10-16/h3-4,7-8H,5-6,9-11H2,1-2H3,(H,17,20). The van der Waals surface area contributed by atoms with Crippen molar-refractivity contribution in [1.29, 1.82) is 0 Å². The number of carbonyl (C=O) groups is 2. The molecule has 1 aromatic carbocycles. The zero-order valence-corrected chi connectivity index (χ0v) is 12.7. The number of nitrogens with one attached hydrogen (secondary N) is 1. The molecular weight excluding hydrogens is 276 g/mol. The molecule has 1 N–H and O–H groups in total. The first-order valence-electron chi connectivity index (χ1n) is 6.70. The van der Waals surface area contributed by atoms with E-state index >= 15 is 0 Å². The van der Waals surface area contributed by atoms with Crippen LogP contribution in [0.4, 0.5) is 5.69 Å². The van der Waals surface area contributed by atoms with Crippen molar-refractivity contribution in [3.63, 3.8) is 0 Å². The number of amides is 2. The summed E-state index contributed by atoms with van der Waals surface area (Å²) in [5.74, 6) is 0.550. The van der Waals surface area contributed by atoms with Crippen LogP contribution in [-0.2, 0) is 16.1 Å². The van der Waals surface area contributed by atoms with E-state index < -0.39 is 0 Å². The molecule has 0 bridgehead atoms. The fourth-order valence-corrected chi connectivity index (χ4v) is 1.93. The molecule has 110 valence electrons. The van der Waals surface area contributed by atoms with E-state index in [0.717, 1.165) is 24.1 Å². The molecule has 0 fully saturated rings. The van der Waals surface area contributed by atoms with E-state index in [2.05, 4.69) is 5.32 Å². The predicted molar refractivity (Wildman–Crippen MR) is 81.8 cm³/mol. The van der Waals surface area contributed by atoms with Crippen LogP contribution in [0.2, 0.25) is 0 Å². The van der Waals surface area contributed by atoms with Gasteiger partial charge in [-0.1, -0.05) is 18.2 Å². The molecule has 1 rings (SSSR count). The third kappa shape index (κ3) is 5.61. The Morgan fingerprint density at radius 1 is 1.25 bits per heavy atom. The van der Waals surface area contributed by atoms with E-state index in [-0.39, 0.29) is 11.8 Å². The Bertz CT molecular complexity index is 463. The van der Waals surface area contributed by atoms with Crippen molar-refractivity contribution in [3.05, 3.63) is 29.8 Å². The van der Waals surface area contributed by atoms with Gasteiger partial charge in [0.25, 0.3) is 0 Å². The Hall–Kier alpha value is -1.55. The molecule has 0 aliphatic rings. The fraction of sp³-hybridized carbons (Fsp3) is 0.467. The van der Waals surface area contributed by atoms with Crippen LogP contribution in [0.3, 0.4) is 0 Å². The average Bonchev–Trinajstić information content (AvgIpc) is 2.41. The number of benzene rings is 1. The molecule has 0 unspecified atom stereocenters. The van der Waals surface area contributed by atoms with Crippen molar-refractivity contribution in [2.75, 3.05) is 18.2 Å². The van der Waals surface area contributed by atoms with Crippen molar-refractivity contribution < 1.29 is 9.59 Å². The predicted octanol–water partition coefficient (Wildman–Crippen LogP) is 3.01. The van der Waals surface area contributed by atoms with Gasteiger partial charge in [0.2, 0.25) is 11.8 Å². The van der Waals surface area contributed by atoms with Gasteiger partial charge in [-0.05, 0) is 24.5 Å². The quantitative estimate of drug-likeness (QED) is 0.621. The Labute approximate surface area is 125 Å². The molecule has 0 spiro atoms. The number of anilines is 1. The first kappa shape index (κ1) is 16.5. The molecule has 20 heavy (non-hydrogen) atoms. The molecular formula is C15H21ClN2O2. The summed E-state index contributed by atoms with van der Waals surface area (Å²) in [5, 5.41) is 2.89. The van der Waals surface area contributed by atoms with E-state index in [1.54, 1.807) is 11.9 Å². The fourth-order valence-electron chi connectivity index (χ4n) is 1.74. The second-order valence-corrected chi connectivity index (χ2v) is 5.10. The highest BCUT2D eigenvalue weighted by Crippen LogP contribution is 2.17. The topological polar surface area (TPSA) is 49.4 Å². The smallest absolute Gasteiger partial charge is 0.224 e. The minimum Gasteiger partial charge on any atom is -0.342 e. The van der Waals surface area contributed by atoms with Crippen LogP contribution in [0.1, 0.15) is 31.7 Å². The zero-order chi connectivity index (χ0) is 15.0. The summed E-state index contributed by atoms with van der Waals surface area (Å²) in [5.41, 5.74) is 1.69. The molecule has 0 heterocycles. The number of unbranched alkanes of at least 4 members (excludes halogenated alkanes) is 1. The number of para-hydroxylation sites is 1. The maximum Gasteiger partial charge on any atom is 0.224 e. The second-order valence-electron chi connectivity index (χ2n) is 4.73. The molecule has 1 aromatic rings. The number of carbonyl (C=O) groups excluding carboxylic acids is 2. The Morgan fingerprint density at radius 2 is 1.95 bits per heavy atom. The lowest BCUT2D eigenvalue weighted by Crippen LogP contribution is -2.24. The van der Waals surface area contributed by atoms with Gasteiger partial charge in [-0.2, -0.15) is 0 Å². The maximum atomic E-state index is 11.8. The highest BCUT2D eigenvalue weighted by molar-refractivity contribution is 6.17. The average molecular weight is 297 g/mol. The van der Waals surface area contributed by atoms with Crippen LogP contribution < -0.4 is 5.32 Å². The lowest BCUT2D eigenvalue weighted by molar-refractivity contribution is -0.128. The van der Waals surface area contributed by atoms with Crippen LogP contribution in [-0.4, -0.2) is 29.6 Å². The molecule has 0 atom stereocenters. The lowest BCUT2D eigenvalue weighted by Gasteiger charge is -2.17. The normalized spacial score (nSPS) is 10.2. The molecule has 4 nitrogen and oxygen atoms in total. The molecule has 0 saturated heterocycles. The highest BCUT2D eigenvalue weighted by atomic mass is 35.5. The number of rotatable bonds is 7. The summed E-state index contributed by atoms with van der Waals surface area (Å²) in [7, 11) is 1.74. The monoisotopic (exact) mass is 296 g/mol. The molecule has 5 heteroatoms. The van der Waals surface area contributed by atoms with Crippen LogP contribution in [0.15, 0.2) is 24.3 Å². The van der Waals surface area contributed by atoms with Crippen molar-refractivity contribution in [2.24, 2.45) is 0 Å². The summed E-state index contributed by atoms with van der Waals surface area (Å²) >= 11 is 5.59. The summed E-state index contributed by atoms with van der Waals surface area (Å²) in [4.78, 5) is 24.7. The Morgan fingerprint density at radius 3 is 2.60 bits per heavy atom. The second kappa shape index (κ2) is 8.59. The first-order chi connectivity index (χ1) is 9.54. The Balaban J connectivity index is 2.65. The van der Waals surface area contributed by atoms with Crippen molar-refractivity contribution >= 4 is 29.1 Å². The molecule has 0 aromatic heterocycles. The van der Waals surface area contributed by atoms with Gasteiger partial charge in [0.1, 0.15) is 0 Å². The third-order valence-corrected chi connectivity index (χ3v) is 3.29. The van der Waals surface area contributed by atoms with Gasteiger partial charge in [0.15, 0.2) is 0 Å². The highest BCUT2D eigenvalue weighted by Gasteiger charge is 2.09. The van der Waals surface area contributed by atoms with Crippen molar-refractivity contribution in [3.8, 4) is 0 Å². The van der Waals surface area contributed by atoms with Crippen molar-refractivity contribution in [1.82, 2.24) is 4.90 Å². The molecule has 2 amide bonds. The molecule has 0 radical (unpaired) electrons. The SMILES string of the molecule is CC(=O)N(C)Cc1ccccc1NC(=O)CCCCCl. The van der Waals surface area contributed by atoms with Gasteiger partial charge in [-0.3, -0.25) is 9.59 Å². The Kier molecular flexibility index (Phi) is 7.09. The summed E-state index contributed by atoms with van der Waals surface area (Å²) in [6.45, 7) is 2.00. The minimum absolute atomic E-state index is 0.00626. The van der Waals surface area contributed by atoms with Crippen LogP contribution in [0.25, 0.3) is 0 Å². The number of alkyl halides is 1. The molecule has 0 saturated carbocycles. The van der Waals surface area contributed by atoms with E-state index in [1.165, 1.54) is 6.92 Å². The van der Waals surface area contributed by atoms with Gasteiger partial charge < -0.3 is 10.2 Å². The van der Waals surface area contributed by atoms with Crippen LogP contribution in [0.5, 0.6) is 0 Å². The van der Waals surface area contributed by atoms with Gasteiger partial charge in [-0.25, -0.2) is 0 Å². The van der Waals surface area contributed by atoms with Gasteiger partial charge in [-0.15, -0.1) is 11.6 Å². The van der Waals surface area contributed by atoms with Gasteiger partial charge in [0.05, 0.1) is 0 Å². The summed E-state index contributed by atoms with van der Waals surface area (Å²) < 4.78 is 0. The zero-order valence-electron chi connectivity index (χ0n) is 12.0. The van der Waals surface area contributed by atoms with E-state index in [0.29, 0.717) is 18.8 Å². The van der Waals surface area contributed by atoms with E-state index in [1.807, 2.05) is 24.3 Å². The minimum atomic E-state index is -0.0203. The van der Waals surface area contributed by atoms with Gasteiger partial charge in [0, 0.05) is 38.5 Å². The van der Waals surface area contributed by atoms with E-state index in [4.69, 9.17) is 11.6 Å². The van der Waals surface area contributed by atoms with Crippen LogP contribution >= 0.6 is 11.6 Å². The van der Waals surface area contributed by atoms with Crippen LogP contribution in [0, 0.1) is 0 Å². The maximum absolute atomic E-state index is 11.8. The molecule has 0 aliphatic heterocycles. The lowest BCUT2D eigenvalue weighted by atomic mass is 10.1. The van der Waals surface area contributed by atoms with E-state index in [9.17, 15) is 9.59 Å². The summed E-state index contributed by atoms with van der Waals surface area (Å²) in [6.07, 6.45) is 2.08. The third-order valence-electron chi connectivity index (χ3n) is 3.02. The number of hydrogen-bond acceptors (Lipinski definition) is 2.